The standard InChI is InChI=1S/C9H14O4/c1-5-3-4-6(7(5)10)8(11)9(12)13-2/h5-6,8,11H,3-4H2,1-2H3/t5-,6-,8+/m0/s1. The average molecular weight is 186 g/mol. The van der Waals surface area contributed by atoms with E-state index < -0.39 is 18.0 Å². The lowest BCUT2D eigenvalue weighted by Crippen LogP contribution is -2.33. The molecule has 13 heavy (non-hydrogen) atoms. The molecule has 1 saturated carbocycles. The molecule has 0 unspecified atom stereocenters. The zero-order chi connectivity index (χ0) is 10.0. The maximum Gasteiger partial charge on any atom is 0.335 e. The molecule has 1 rings (SSSR count). The fourth-order valence-electron chi connectivity index (χ4n) is 1.68. The van der Waals surface area contributed by atoms with Gasteiger partial charge in [0.2, 0.25) is 0 Å². The van der Waals surface area contributed by atoms with Crippen LogP contribution in [0.3, 0.4) is 0 Å². The van der Waals surface area contributed by atoms with E-state index in [0.717, 1.165) is 6.42 Å². The molecule has 4 nitrogen and oxygen atoms in total. The van der Waals surface area contributed by atoms with Crippen LogP contribution in [0, 0.1) is 11.8 Å². The molecule has 74 valence electrons. The summed E-state index contributed by atoms with van der Waals surface area (Å²) in [7, 11) is 1.20. The molecule has 0 saturated heterocycles. The normalized spacial score (nSPS) is 30.2. The van der Waals surface area contributed by atoms with Gasteiger partial charge in [-0.3, -0.25) is 4.79 Å². The fourth-order valence-corrected chi connectivity index (χ4v) is 1.68. The van der Waals surface area contributed by atoms with Crippen LogP contribution in [0.1, 0.15) is 19.8 Å². The van der Waals surface area contributed by atoms with Crippen molar-refractivity contribution < 1.29 is 19.4 Å². The molecule has 1 N–H and O–H groups in total. The first-order chi connectivity index (χ1) is 6.07. The van der Waals surface area contributed by atoms with Crippen LogP contribution in [0.25, 0.3) is 0 Å². The molecule has 0 aromatic heterocycles. The summed E-state index contributed by atoms with van der Waals surface area (Å²) in [6.07, 6.45) is 0.0517. The first-order valence-electron chi connectivity index (χ1n) is 4.37. The number of carbonyl (C=O) groups excluding carboxylic acids is 2. The predicted molar refractivity (Wildman–Crippen MR) is 44.9 cm³/mol. The number of hydrogen-bond acceptors (Lipinski definition) is 4. The van der Waals surface area contributed by atoms with Gasteiger partial charge in [-0.2, -0.15) is 0 Å². The van der Waals surface area contributed by atoms with E-state index in [-0.39, 0.29) is 11.7 Å². The number of methoxy groups -OCH3 is 1. The van der Waals surface area contributed by atoms with E-state index in [1.165, 1.54) is 7.11 Å². The van der Waals surface area contributed by atoms with Crippen molar-refractivity contribution in [3.05, 3.63) is 0 Å². The Morgan fingerprint density at radius 3 is 2.62 bits per heavy atom. The van der Waals surface area contributed by atoms with E-state index in [4.69, 9.17) is 0 Å². The Labute approximate surface area is 76.9 Å². The van der Waals surface area contributed by atoms with Gasteiger partial charge in [0, 0.05) is 5.92 Å². The lowest BCUT2D eigenvalue weighted by atomic mass is 9.98. The number of rotatable bonds is 2. The van der Waals surface area contributed by atoms with Gasteiger partial charge in [-0.05, 0) is 12.8 Å². The van der Waals surface area contributed by atoms with Gasteiger partial charge in [0.25, 0.3) is 0 Å². The SMILES string of the molecule is COC(=O)[C@H](O)[C@H]1CC[C@H](C)C1=O. The second-order valence-corrected chi connectivity index (χ2v) is 3.46. The first kappa shape index (κ1) is 10.2. The molecule has 0 amide bonds. The molecule has 1 fully saturated rings. The van der Waals surface area contributed by atoms with Gasteiger partial charge in [-0.25, -0.2) is 4.79 Å². The molecule has 3 atom stereocenters. The highest BCUT2D eigenvalue weighted by Gasteiger charge is 2.39. The van der Waals surface area contributed by atoms with Crippen LogP contribution in [0.4, 0.5) is 0 Å². The summed E-state index contributed by atoms with van der Waals surface area (Å²) in [6.45, 7) is 1.81. The van der Waals surface area contributed by atoms with Crippen LogP contribution in [0.15, 0.2) is 0 Å². The largest absolute Gasteiger partial charge is 0.467 e. The van der Waals surface area contributed by atoms with Crippen LogP contribution < -0.4 is 0 Å². The third-order valence-electron chi connectivity index (χ3n) is 2.59. The number of aliphatic hydroxyl groups excluding tert-OH is 1. The first-order valence-corrected chi connectivity index (χ1v) is 4.37. The van der Waals surface area contributed by atoms with E-state index in [9.17, 15) is 14.7 Å². The van der Waals surface area contributed by atoms with Crippen molar-refractivity contribution in [3.63, 3.8) is 0 Å². The van der Waals surface area contributed by atoms with E-state index >= 15 is 0 Å². The van der Waals surface area contributed by atoms with E-state index in [2.05, 4.69) is 4.74 Å². The van der Waals surface area contributed by atoms with Crippen LogP contribution in [0.2, 0.25) is 0 Å². The smallest absolute Gasteiger partial charge is 0.335 e. The summed E-state index contributed by atoms with van der Waals surface area (Å²) in [5, 5.41) is 9.41. The predicted octanol–water partition coefficient (Wildman–Crippen LogP) is 0.135. The maximum atomic E-state index is 11.4. The Hall–Kier alpha value is -0.900. The summed E-state index contributed by atoms with van der Waals surface area (Å²) in [4.78, 5) is 22.3. The molecule has 0 spiro atoms. The van der Waals surface area contributed by atoms with E-state index in [0.29, 0.717) is 6.42 Å². The fraction of sp³-hybridized carbons (Fsp3) is 0.778. The quantitative estimate of drug-likeness (QED) is 0.623. The van der Waals surface area contributed by atoms with Gasteiger partial charge in [-0.1, -0.05) is 6.92 Å². The molecule has 0 aromatic carbocycles. The lowest BCUT2D eigenvalue weighted by molar-refractivity contribution is -0.155. The Morgan fingerprint density at radius 2 is 2.23 bits per heavy atom. The van der Waals surface area contributed by atoms with Crippen molar-refractivity contribution in [1.82, 2.24) is 0 Å². The van der Waals surface area contributed by atoms with Crippen LogP contribution in [-0.2, 0) is 14.3 Å². The summed E-state index contributed by atoms with van der Waals surface area (Å²) in [5.41, 5.74) is 0. The minimum atomic E-state index is -1.28. The van der Waals surface area contributed by atoms with Crippen molar-refractivity contribution >= 4 is 11.8 Å². The molecule has 1 aliphatic rings. The monoisotopic (exact) mass is 186 g/mol. The van der Waals surface area contributed by atoms with Gasteiger partial charge < -0.3 is 9.84 Å². The molecule has 0 aromatic rings. The number of Topliss-reactive ketones (excluding diaryl/α,β-unsaturated/α-hetero) is 1. The zero-order valence-electron chi connectivity index (χ0n) is 7.82. The second-order valence-electron chi connectivity index (χ2n) is 3.46. The molecular weight excluding hydrogens is 172 g/mol. The number of aliphatic hydroxyl groups is 1. The number of carbonyl (C=O) groups is 2. The topological polar surface area (TPSA) is 63.6 Å². The zero-order valence-corrected chi connectivity index (χ0v) is 7.82. The Kier molecular flexibility index (Phi) is 3.03. The summed E-state index contributed by atoms with van der Waals surface area (Å²) in [6, 6.07) is 0. The summed E-state index contributed by atoms with van der Waals surface area (Å²) >= 11 is 0. The average Bonchev–Trinajstić information content (AvgIpc) is 2.45. The molecule has 1 aliphatic carbocycles. The Bertz CT molecular complexity index is 224. The Morgan fingerprint density at radius 1 is 1.62 bits per heavy atom. The minimum absolute atomic E-state index is 0.0297. The second kappa shape index (κ2) is 3.87. The number of hydrogen-bond donors (Lipinski definition) is 1. The van der Waals surface area contributed by atoms with Crippen molar-refractivity contribution in [2.75, 3.05) is 7.11 Å². The highest BCUT2D eigenvalue weighted by Crippen LogP contribution is 2.29. The molecule has 0 aliphatic heterocycles. The van der Waals surface area contributed by atoms with E-state index in [1.807, 2.05) is 6.92 Å². The molecule has 0 bridgehead atoms. The summed E-state index contributed by atoms with van der Waals surface area (Å²) in [5.74, 6) is -1.34. The van der Waals surface area contributed by atoms with Crippen molar-refractivity contribution in [3.8, 4) is 0 Å². The molecule has 4 heteroatoms. The van der Waals surface area contributed by atoms with Gasteiger partial charge in [0.1, 0.15) is 5.78 Å². The van der Waals surface area contributed by atoms with Gasteiger partial charge in [-0.15, -0.1) is 0 Å². The van der Waals surface area contributed by atoms with Crippen molar-refractivity contribution in [2.24, 2.45) is 11.8 Å². The third kappa shape index (κ3) is 1.88. The van der Waals surface area contributed by atoms with Crippen molar-refractivity contribution in [2.45, 2.75) is 25.9 Å². The van der Waals surface area contributed by atoms with Gasteiger partial charge in [0.15, 0.2) is 6.10 Å². The van der Waals surface area contributed by atoms with Crippen LogP contribution in [0.5, 0.6) is 0 Å². The molecular formula is C9H14O4. The highest BCUT2D eigenvalue weighted by atomic mass is 16.5. The van der Waals surface area contributed by atoms with Crippen LogP contribution >= 0.6 is 0 Å². The minimum Gasteiger partial charge on any atom is -0.467 e. The lowest BCUT2D eigenvalue weighted by Gasteiger charge is -2.13. The van der Waals surface area contributed by atoms with Crippen molar-refractivity contribution in [1.29, 1.82) is 0 Å². The number of esters is 1. The molecule has 0 radical (unpaired) electrons. The highest BCUT2D eigenvalue weighted by molar-refractivity contribution is 5.90. The Balaban J connectivity index is 2.63. The van der Waals surface area contributed by atoms with Gasteiger partial charge in [0.05, 0.1) is 13.0 Å². The number of ketones is 1. The van der Waals surface area contributed by atoms with Crippen LogP contribution in [-0.4, -0.2) is 30.1 Å². The summed E-state index contributed by atoms with van der Waals surface area (Å²) < 4.78 is 4.37. The maximum absolute atomic E-state index is 11.4. The van der Waals surface area contributed by atoms with E-state index in [1.54, 1.807) is 0 Å². The van der Waals surface area contributed by atoms with Gasteiger partial charge >= 0.3 is 5.97 Å². The molecule has 0 heterocycles. The third-order valence-corrected chi connectivity index (χ3v) is 2.59. The number of ether oxygens (including phenoxy) is 1.